The van der Waals surface area contributed by atoms with Crippen molar-refractivity contribution in [3.05, 3.63) is 34.9 Å². The number of aryl methyl sites for hydroxylation is 2. The van der Waals surface area contributed by atoms with Crippen molar-refractivity contribution in [3.63, 3.8) is 0 Å². The zero-order valence-corrected chi connectivity index (χ0v) is 6.92. The van der Waals surface area contributed by atoms with Crippen LogP contribution in [-0.4, -0.2) is 0 Å². The quantitative estimate of drug-likeness (QED) is 0.653. The molecule has 11 heavy (non-hydrogen) atoms. The molecule has 0 amide bonds. The van der Waals surface area contributed by atoms with Gasteiger partial charge in [0.05, 0.1) is 6.61 Å². The highest BCUT2D eigenvalue weighted by Crippen LogP contribution is 2.08. The van der Waals surface area contributed by atoms with E-state index in [9.17, 15) is 0 Å². The maximum atomic E-state index is 4.96. The fourth-order valence-corrected chi connectivity index (χ4v) is 1.25. The summed E-state index contributed by atoms with van der Waals surface area (Å²) in [4.78, 5) is 4.54. The molecule has 0 spiro atoms. The standard InChI is InChI=1S/C9H13NO/c1-7-3-8(2)5-9(4-7)6-11-10/h3-5H,6,10H2,1-2H3. The van der Waals surface area contributed by atoms with Crippen LogP contribution in [0.15, 0.2) is 18.2 Å². The monoisotopic (exact) mass is 151 g/mol. The van der Waals surface area contributed by atoms with Gasteiger partial charge in [0.1, 0.15) is 0 Å². The summed E-state index contributed by atoms with van der Waals surface area (Å²) in [6, 6.07) is 6.26. The Balaban J connectivity index is 2.89. The predicted octanol–water partition coefficient (Wildman–Crippen LogP) is 1.69. The Hall–Kier alpha value is -0.860. The normalized spacial score (nSPS) is 10.1. The second kappa shape index (κ2) is 3.51. The van der Waals surface area contributed by atoms with E-state index in [0.29, 0.717) is 6.61 Å². The zero-order valence-electron chi connectivity index (χ0n) is 6.92. The van der Waals surface area contributed by atoms with Crippen molar-refractivity contribution in [2.45, 2.75) is 20.5 Å². The SMILES string of the molecule is Cc1cc(C)cc(CON)c1. The van der Waals surface area contributed by atoms with Gasteiger partial charge in [0.15, 0.2) is 0 Å². The minimum Gasteiger partial charge on any atom is -0.300 e. The smallest absolute Gasteiger partial charge is 0.0930 e. The summed E-state index contributed by atoms with van der Waals surface area (Å²) in [6.45, 7) is 4.61. The molecule has 0 unspecified atom stereocenters. The summed E-state index contributed by atoms with van der Waals surface area (Å²) < 4.78 is 0. The predicted molar refractivity (Wildman–Crippen MR) is 44.9 cm³/mol. The molecule has 0 aliphatic heterocycles. The van der Waals surface area contributed by atoms with E-state index in [0.717, 1.165) is 5.56 Å². The molecule has 0 aliphatic carbocycles. The summed E-state index contributed by atoms with van der Waals surface area (Å²) in [5, 5.41) is 0. The molecule has 1 aromatic carbocycles. The van der Waals surface area contributed by atoms with Gasteiger partial charge >= 0.3 is 0 Å². The third-order valence-corrected chi connectivity index (χ3v) is 1.53. The number of hydrogen-bond acceptors (Lipinski definition) is 2. The molecule has 0 bridgehead atoms. The second-order valence-corrected chi connectivity index (χ2v) is 2.81. The lowest BCUT2D eigenvalue weighted by atomic mass is 10.1. The van der Waals surface area contributed by atoms with Gasteiger partial charge in [-0.3, -0.25) is 4.84 Å². The number of rotatable bonds is 2. The van der Waals surface area contributed by atoms with E-state index in [2.05, 4.69) is 36.9 Å². The molecular formula is C9H13NO. The van der Waals surface area contributed by atoms with Crippen molar-refractivity contribution in [1.82, 2.24) is 0 Å². The van der Waals surface area contributed by atoms with Crippen LogP contribution in [0, 0.1) is 13.8 Å². The molecule has 0 aromatic heterocycles. The molecule has 2 heteroatoms. The Morgan fingerprint density at radius 2 is 1.73 bits per heavy atom. The van der Waals surface area contributed by atoms with Crippen molar-refractivity contribution in [2.75, 3.05) is 0 Å². The molecule has 2 nitrogen and oxygen atoms in total. The van der Waals surface area contributed by atoms with Crippen molar-refractivity contribution in [1.29, 1.82) is 0 Å². The maximum absolute atomic E-state index is 4.96. The minimum absolute atomic E-state index is 0.489. The van der Waals surface area contributed by atoms with E-state index < -0.39 is 0 Å². The first-order valence-corrected chi connectivity index (χ1v) is 3.61. The molecule has 0 saturated carbocycles. The van der Waals surface area contributed by atoms with Gasteiger partial charge < -0.3 is 0 Å². The highest BCUT2D eigenvalue weighted by molar-refractivity contribution is 5.27. The highest BCUT2D eigenvalue weighted by Gasteiger charge is 1.94. The molecule has 0 saturated heterocycles. The average molecular weight is 151 g/mol. The van der Waals surface area contributed by atoms with Crippen LogP contribution in [0.1, 0.15) is 16.7 Å². The fraction of sp³-hybridized carbons (Fsp3) is 0.333. The summed E-state index contributed by atoms with van der Waals surface area (Å²) in [5.41, 5.74) is 3.62. The lowest BCUT2D eigenvalue weighted by molar-refractivity contribution is 0.124. The van der Waals surface area contributed by atoms with E-state index in [1.807, 2.05) is 0 Å². The van der Waals surface area contributed by atoms with Gasteiger partial charge in [-0.1, -0.05) is 29.3 Å². The molecule has 2 N–H and O–H groups in total. The molecule has 0 radical (unpaired) electrons. The Labute approximate surface area is 66.9 Å². The van der Waals surface area contributed by atoms with Crippen LogP contribution >= 0.6 is 0 Å². The molecule has 0 fully saturated rings. The molecule has 1 rings (SSSR count). The number of hydrogen-bond donors (Lipinski definition) is 1. The molecule has 0 heterocycles. The van der Waals surface area contributed by atoms with Gasteiger partial charge in [-0.25, -0.2) is 5.90 Å². The third-order valence-electron chi connectivity index (χ3n) is 1.53. The van der Waals surface area contributed by atoms with Gasteiger partial charge in [-0.15, -0.1) is 0 Å². The Morgan fingerprint density at radius 1 is 1.18 bits per heavy atom. The van der Waals surface area contributed by atoms with Crippen molar-refractivity contribution >= 4 is 0 Å². The van der Waals surface area contributed by atoms with Crippen LogP contribution in [0.2, 0.25) is 0 Å². The largest absolute Gasteiger partial charge is 0.300 e. The van der Waals surface area contributed by atoms with E-state index in [4.69, 9.17) is 5.90 Å². The summed E-state index contributed by atoms with van der Waals surface area (Å²) in [6.07, 6.45) is 0. The number of nitrogens with two attached hydrogens (primary N) is 1. The number of benzene rings is 1. The van der Waals surface area contributed by atoms with Crippen LogP contribution in [0.5, 0.6) is 0 Å². The van der Waals surface area contributed by atoms with Crippen LogP contribution in [-0.2, 0) is 11.4 Å². The Morgan fingerprint density at radius 3 is 2.18 bits per heavy atom. The van der Waals surface area contributed by atoms with E-state index in [-0.39, 0.29) is 0 Å². The van der Waals surface area contributed by atoms with E-state index in [1.54, 1.807) is 0 Å². The van der Waals surface area contributed by atoms with E-state index >= 15 is 0 Å². The van der Waals surface area contributed by atoms with Crippen LogP contribution in [0.4, 0.5) is 0 Å². The molecule has 1 aromatic rings. The second-order valence-electron chi connectivity index (χ2n) is 2.81. The first kappa shape index (κ1) is 8.24. The average Bonchev–Trinajstić information content (AvgIpc) is 1.85. The minimum atomic E-state index is 0.489. The van der Waals surface area contributed by atoms with Gasteiger partial charge in [-0.05, 0) is 19.4 Å². The first-order chi connectivity index (χ1) is 5.22. The Bertz CT molecular complexity index is 225. The highest BCUT2D eigenvalue weighted by atomic mass is 16.6. The summed E-state index contributed by atoms with van der Waals surface area (Å²) in [7, 11) is 0. The third kappa shape index (κ3) is 2.33. The zero-order chi connectivity index (χ0) is 8.27. The van der Waals surface area contributed by atoms with Gasteiger partial charge in [0.2, 0.25) is 0 Å². The van der Waals surface area contributed by atoms with Crippen LogP contribution in [0.3, 0.4) is 0 Å². The maximum Gasteiger partial charge on any atom is 0.0930 e. The molecule has 0 aliphatic rings. The van der Waals surface area contributed by atoms with Crippen molar-refractivity contribution in [3.8, 4) is 0 Å². The van der Waals surface area contributed by atoms with Crippen LogP contribution < -0.4 is 5.90 Å². The topological polar surface area (TPSA) is 35.2 Å². The lowest BCUT2D eigenvalue weighted by Crippen LogP contribution is -1.99. The first-order valence-electron chi connectivity index (χ1n) is 3.61. The molecule has 0 atom stereocenters. The van der Waals surface area contributed by atoms with Gasteiger partial charge in [0, 0.05) is 0 Å². The summed E-state index contributed by atoms with van der Waals surface area (Å²) in [5.74, 6) is 4.96. The molecule has 60 valence electrons. The molecular weight excluding hydrogens is 138 g/mol. The summed E-state index contributed by atoms with van der Waals surface area (Å²) >= 11 is 0. The van der Waals surface area contributed by atoms with Crippen LogP contribution in [0.25, 0.3) is 0 Å². The van der Waals surface area contributed by atoms with Crippen molar-refractivity contribution < 1.29 is 4.84 Å². The lowest BCUT2D eigenvalue weighted by Gasteiger charge is -2.02. The van der Waals surface area contributed by atoms with Gasteiger partial charge in [-0.2, -0.15) is 0 Å². The Kier molecular flexibility index (Phi) is 2.63. The van der Waals surface area contributed by atoms with Gasteiger partial charge in [0.25, 0.3) is 0 Å². The van der Waals surface area contributed by atoms with Crippen molar-refractivity contribution in [2.24, 2.45) is 5.90 Å². The van der Waals surface area contributed by atoms with E-state index in [1.165, 1.54) is 11.1 Å². The fourth-order valence-electron chi connectivity index (χ4n) is 1.25.